The number of halogens is 2. The summed E-state index contributed by atoms with van der Waals surface area (Å²) in [5.74, 6) is 0. The van der Waals surface area contributed by atoms with E-state index < -0.39 is 16.9 Å². The smallest absolute Gasteiger partial charge is 0.269 e. The summed E-state index contributed by atoms with van der Waals surface area (Å²) >= 11 is 0. The molecular weight excluding hydrogens is 230 g/mol. The van der Waals surface area contributed by atoms with Crippen LogP contribution in [0, 0.1) is 17.0 Å². The number of nitro benzene ring substituents is 1. The Kier molecular flexibility index (Phi) is 3.77. The van der Waals surface area contributed by atoms with Gasteiger partial charge in [0.15, 0.2) is 0 Å². The third-order valence-corrected chi connectivity index (χ3v) is 2.61. The average Bonchev–Trinajstić information content (AvgIpc) is 2.20. The number of hydrogen-bond acceptors (Lipinski definition) is 3. The first kappa shape index (κ1) is 13.5. The Balaban J connectivity index is 3.06. The van der Waals surface area contributed by atoms with Gasteiger partial charge < -0.3 is 5.73 Å². The van der Waals surface area contributed by atoms with Crippen LogP contribution >= 0.6 is 0 Å². The Hall–Kier alpha value is -1.56. The fourth-order valence-corrected chi connectivity index (χ4v) is 1.45. The largest absolute Gasteiger partial charge is 0.320 e. The van der Waals surface area contributed by atoms with Crippen LogP contribution in [0.1, 0.15) is 18.1 Å². The number of alkyl halides is 2. The molecule has 0 fully saturated rings. The second kappa shape index (κ2) is 4.75. The van der Waals surface area contributed by atoms with Gasteiger partial charge in [0.1, 0.15) is 0 Å². The summed E-state index contributed by atoms with van der Waals surface area (Å²) in [4.78, 5) is 10.0. The molecule has 1 rings (SSSR count). The molecule has 94 valence electrons. The molecule has 0 heterocycles. The molecule has 0 spiro atoms. The molecule has 0 saturated heterocycles. The van der Waals surface area contributed by atoms with Crippen LogP contribution in [0.5, 0.6) is 0 Å². The van der Waals surface area contributed by atoms with Crippen molar-refractivity contribution in [1.82, 2.24) is 0 Å². The minimum atomic E-state index is -2.68. The first-order chi connectivity index (χ1) is 7.74. The summed E-state index contributed by atoms with van der Waals surface area (Å²) in [7, 11) is 0. The zero-order valence-corrected chi connectivity index (χ0v) is 9.61. The number of benzene rings is 1. The number of hydrogen-bond donors (Lipinski definition) is 1. The molecule has 17 heavy (non-hydrogen) atoms. The topological polar surface area (TPSA) is 69.2 Å². The molecule has 0 aliphatic rings. The molecule has 0 saturated carbocycles. The van der Waals surface area contributed by atoms with E-state index in [9.17, 15) is 18.9 Å². The van der Waals surface area contributed by atoms with Crippen molar-refractivity contribution in [3.63, 3.8) is 0 Å². The van der Waals surface area contributed by atoms with Crippen LogP contribution in [0.25, 0.3) is 0 Å². The van der Waals surface area contributed by atoms with Crippen LogP contribution < -0.4 is 5.73 Å². The molecule has 0 bridgehead atoms. The van der Waals surface area contributed by atoms with Crippen LogP contribution in [-0.4, -0.2) is 16.9 Å². The van der Waals surface area contributed by atoms with Gasteiger partial charge in [0.2, 0.25) is 0 Å². The van der Waals surface area contributed by atoms with Gasteiger partial charge in [0, 0.05) is 12.1 Å². The number of nitrogens with two attached hydrogens (primary N) is 1. The molecule has 1 aromatic rings. The molecule has 1 unspecified atom stereocenters. The standard InChI is InChI=1S/C11H14F2N2O2/c1-7-3-4-9(15(16)17)5-8(7)6-11(2,14)10(12)13/h3-5,10H,6,14H2,1-2H3. The van der Waals surface area contributed by atoms with Crippen LogP contribution in [-0.2, 0) is 6.42 Å². The lowest BCUT2D eigenvalue weighted by atomic mass is 9.91. The van der Waals surface area contributed by atoms with Gasteiger partial charge in [0.05, 0.1) is 10.5 Å². The fourth-order valence-electron chi connectivity index (χ4n) is 1.45. The Morgan fingerprint density at radius 3 is 2.59 bits per heavy atom. The van der Waals surface area contributed by atoms with Gasteiger partial charge in [-0.3, -0.25) is 10.1 Å². The van der Waals surface area contributed by atoms with E-state index >= 15 is 0 Å². The van der Waals surface area contributed by atoms with Crippen molar-refractivity contribution < 1.29 is 13.7 Å². The summed E-state index contributed by atoms with van der Waals surface area (Å²) in [6.45, 7) is 2.94. The highest BCUT2D eigenvalue weighted by Gasteiger charge is 2.31. The third kappa shape index (κ3) is 3.20. The summed E-state index contributed by atoms with van der Waals surface area (Å²) < 4.78 is 25.3. The van der Waals surface area contributed by atoms with Crippen molar-refractivity contribution in [1.29, 1.82) is 0 Å². The molecule has 6 heteroatoms. The highest BCUT2D eigenvalue weighted by molar-refractivity contribution is 5.40. The lowest BCUT2D eigenvalue weighted by Gasteiger charge is -2.24. The van der Waals surface area contributed by atoms with Gasteiger partial charge in [-0.2, -0.15) is 0 Å². The lowest BCUT2D eigenvalue weighted by Crippen LogP contribution is -2.46. The maximum absolute atomic E-state index is 12.6. The van der Waals surface area contributed by atoms with Crippen molar-refractivity contribution in [3.8, 4) is 0 Å². The number of rotatable bonds is 4. The number of aryl methyl sites for hydroxylation is 1. The highest BCUT2D eigenvalue weighted by atomic mass is 19.3. The molecule has 1 aromatic carbocycles. The Bertz CT molecular complexity index is 433. The molecule has 0 aliphatic carbocycles. The minimum absolute atomic E-state index is 0.0990. The summed E-state index contributed by atoms with van der Waals surface area (Å²) in [6.07, 6.45) is -2.78. The van der Waals surface area contributed by atoms with Crippen LogP contribution in [0.3, 0.4) is 0 Å². The van der Waals surface area contributed by atoms with Crippen molar-refractivity contribution in [2.24, 2.45) is 5.73 Å². The van der Waals surface area contributed by atoms with Crippen molar-refractivity contribution in [2.75, 3.05) is 0 Å². The van der Waals surface area contributed by atoms with Crippen molar-refractivity contribution in [3.05, 3.63) is 39.4 Å². The van der Waals surface area contributed by atoms with Gasteiger partial charge in [0.25, 0.3) is 12.1 Å². The van der Waals surface area contributed by atoms with Crippen LogP contribution in [0.2, 0.25) is 0 Å². The maximum atomic E-state index is 12.6. The first-order valence-corrected chi connectivity index (χ1v) is 5.05. The highest BCUT2D eigenvalue weighted by Crippen LogP contribution is 2.23. The van der Waals surface area contributed by atoms with E-state index in [0.29, 0.717) is 11.1 Å². The maximum Gasteiger partial charge on any atom is 0.269 e. The van der Waals surface area contributed by atoms with Crippen LogP contribution in [0.4, 0.5) is 14.5 Å². The second-order valence-corrected chi connectivity index (χ2v) is 4.35. The SMILES string of the molecule is Cc1ccc([N+](=O)[O-])cc1CC(C)(N)C(F)F. The Labute approximate surface area is 97.6 Å². The minimum Gasteiger partial charge on any atom is -0.320 e. The van der Waals surface area contributed by atoms with E-state index in [1.807, 2.05) is 0 Å². The van der Waals surface area contributed by atoms with E-state index in [1.54, 1.807) is 6.92 Å². The molecule has 0 aliphatic heterocycles. The van der Waals surface area contributed by atoms with Gasteiger partial charge in [-0.1, -0.05) is 6.07 Å². The van der Waals surface area contributed by atoms with Gasteiger partial charge in [-0.05, 0) is 31.4 Å². The average molecular weight is 244 g/mol. The summed E-state index contributed by atoms with van der Waals surface area (Å²) in [6, 6.07) is 4.17. The fraction of sp³-hybridized carbons (Fsp3) is 0.455. The Morgan fingerprint density at radius 1 is 1.53 bits per heavy atom. The van der Waals surface area contributed by atoms with E-state index in [1.165, 1.54) is 25.1 Å². The van der Waals surface area contributed by atoms with Gasteiger partial charge >= 0.3 is 0 Å². The predicted molar refractivity (Wildman–Crippen MR) is 60.1 cm³/mol. The molecule has 4 nitrogen and oxygen atoms in total. The Morgan fingerprint density at radius 2 is 2.12 bits per heavy atom. The predicted octanol–water partition coefficient (Wildman–Crippen LogP) is 2.43. The molecule has 0 aromatic heterocycles. The summed E-state index contributed by atoms with van der Waals surface area (Å²) in [5, 5.41) is 10.6. The first-order valence-electron chi connectivity index (χ1n) is 5.05. The number of non-ortho nitro benzene ring substituents is 1. The molecule has 2 N–H and O–H groups in total. The van der Waals surface area contributed by atoms with Gasteiger partial charge in [-0.25, -0.2) is 8.78 Å². The van der Waals surface area contributed by atoms with Crippen molar-refractivity contribution >= 4 is 5.69 Å². The summed E-state index contributed by atoms with van der Waals surface area (Å²) in [5.41, 5.74) is 4.86. The number of nitrogens with zero attached hydrogens (tertiary/aromatic N) is 1. The lowest BCUT2D eigenvalue weighted by molar-refractivity contribution is -0.384. The zero-order valence-electron chi connectivity index (χ0n) is 9.61. The molecular formula is C11H14F2N2O2. The van der Waals surface area contributed by atoms with Gasteiger partial charge in [-0.15, -0.1) is 0 Å². The molecule has 0 radical (unpaired) electrons. The van der Waals surface area contributed by atoms with E-state index in [4.69, 9.17) is 5.73 Å². The monoisotopic (exact) mass is 244 g/mol. The molecule has 1 atom stereocenters. The second-order valence-electron chi connectivity index (χ2n) is 4.35. The molecule has 0 amide bonds. The van der Waals surface area contributed by atoms with E-state index in [2.05, 4.69) is 0 Å². The van der Waals surface area contributed by atoms with Crippen molar-refractivity contribution in [2.45, 2.75) is 32.2 Å². The third-order valence-electron chi connectivity index (χ3n) is 2.61. The van der Waals surface area contributed by atoms with E-state index in [-0.39, 0.29) is 12.1 Å². The normalized spacial score (nSPS) is 14.7. The number of nitro groups is 1. The van der Waals surface area contributed by atoms with Crippen LogP contribution in [0.15, 0.2) is 18.2 Å². The zero-order chi connectivity index (χ0) is 13.2. The van der Waals surface area contributed by atoms with E-state index in [0.717, 1.165) is 0 Å². The quantitative estimate of drug-likeness (QED) is 0.653.